The van der Waals surface area contributed by atoms with Crippen LogP contribution < -0.4 is 10.6 Å². The molecule has 1 aliphatic heterocycles. The lowest BCUT2D eigenvalue weighted by molar-refractivity contribution is -0.148. The smallest absolute Gasteiger partial charge is 0.321 e. The maximum Gasteiger partial charge on any atom is 0.321 e. The van der Waals surface area contributed by atoms with Gasteiger partial charge in [0, 0.05) is 13.1 Å². The van der Waals surface area contributed by atoms with Crippen molar-refractivity contribution in [1.29, 1.82) is 0 Å². The van der Waals surface area contributed by atoms with Gasteiger partial charge in [0.25, 0.3) is 0 Å². The number of carboxylic acids is 1. The van der Waals surface area contributed by atoms with Gasteiger partial charge < -0.3 is 10.4 Å². The molecule has 0 aromatic carbocycles. The number of urea groups is 1. The maximum atomic E-state index is 11.8. The highest BCUT2D eigenvalue weighted by molar-refractivity contribution is 5.95. The molecule has 0 bridgehead atoms. The lowest BCUT2D eigenvalue weighted by Gasteiger charge is -2.22. The van der Waals surface area contributed by atoms with Crippen LogP contribution >= 0.6 is 0 Å². The Kier molecular flexibility index (Phi) is 6.14. The number of imide groups is 1. The predicted molar refractivity (Wildman–Crippen MR) is 77.8 cm³/mol. The van der Waals surface area contributed by atoms with Gasteiger partial charge in [-0.3, -0.25) is 19.8 Å². The Balaban J connectivity index is 2.40. The number of likely N-dealkylation sites (tertiary alicyclic amines) is 1. The Labute approximate surface area is 125 Å². The van der Waals surface area contributed by atoms with E-state index in [1.54, 1.807) is 4.90 Å². The average molecular weight is 299 g/mol. The molecule has 3 amide bonds. The van der Waals surface area contributed by atoms with Crippen molar-refractivity contribution in [3.8, 4) is 0 Å². The number of amides is 3. The second kappa shape index (κ2) is 7.40. The van der Waals surface area contributed by atoms with Gasteiger partial charge in [0.1, 0.15) is 0 Å². The van der Waals surface area contributed by atoms with Crippen LogP contribution in [0.15, 0.2) is 0 Å². The van der Waals surface area contributed by atoms with Crippen molar-refractivity contribution < 1.29 is 19.5 Å². The first-order valence-corrected chi connectivity index (χ1v) is 7.32. The first-order chi connectivity index (χ1) is 9.79. The van der Waals surface area contributed by atoms with Crippen LogP contribution in [0.5, 0.6) is 0 Å². The zero-order valence-electron chi connectivity index (χ0n) is 12.9. The number of carboxylic acid groups (broad SMARTS) is 1. The van der Waals surface area contributed by atoms with Crippen molar-refractivity contribution in [2.75, 3.05) is 26.2 Å². The van der Waals surface area contributed by atoms with E-state index in [1.165, 1.54) is 0 Å². The molecule has 3 N–H and O–H groups in total. The summed E-state index contributed by atoms with van der Waals surface area (Å²) in [4.78, 5) is 36.3. The fraction of sp³-hybridized carbons (Fsp3) is 0.786. The fourth-order valence-electron chi connectivity index (χ4n) is 2.42. The molecular formula is C14H25N3O4. The number of rotatable bonds is 6. The fourth-order valence-corrected chi connectivity index (χ4v) is 2.42. The van der Waals surface area contributed by atoms with Gasteiger partial charge in [0.05, 0.1) is 12.0 Å². The zero-order chi connectivity index (χ0) is 16.0. The summed E-state index contributed by atoms with van der Waals surface area (Å²) in [5.41, 5.74) is -0.764. The van der Waals surface area contributed by atoms with Crippen LogP contribution in [-0.2, 0) is 9.59 Å². The number of nitrogens with zero attached hydrogens (tertiary/aromatic N) is 1. The molecule has 21 heavy (non-hydrogen) atoms. The summed E-state index contributed by atoms with van der Waals surface area (Å²) in [7, 11) is 0. The van der Waals surface area contributed by atoms with E-state index in [0.717, 1.165) is 0 Å². The van der Waals surface area contributed by atoms with Crippen LogP contribution in [0, 0.1) is 11.3 Å². The van der Waals surface area contributed by atoms with Gasteiger partial charge in [-0.15, -0.1) is 0 Å². The molecule has 7 nitrogen and oxygen atoms in total. The molecule has 1 heterocycles. The average Bonchev–Trinajstić information content (AvgIpc) is 2.80. The van der Waals surface area contributed by atoms with Crippen molar-refractivity contribution in [1.82, 2.24) is 15.5 Å². The molecule has 0 radical (unpaired) electrons. The van der Waals surface area contributed by atoms with Gasteiger partial charge in [-0.2, -0.15) is 0 Å². The van der Waals surface area contributed by atoms with Crippen LogP contribution in [0.1, 0.15) is 33.6 Å². The van der Waals surface area contributed by atoms with Gasteiger partial charge in [0.2, 0.25) is 5.91 Å². The van der Waals surface area contributed by atoms with Crippen LogP contribution in [0.4, 0.5) is 4.79 Å². The normalized spacial score (nSPS) is 22.3. The lowest BCUT2D eigenvalue weighted by atomic mass is 9.84. The molecule has 0 aliphatic carbocycles. The second-order valence-corrected chi connectivity index (χ2v) is 6.05. The standard InChI is InChI=1S/C14H25N3O4/c1-4-14(12(19)20)5-6-17(9-14)8-11(18)16-13(21)15-7-10(2)3/h10H,4-9H2,1-3H3,(H,19,20)(H2,15,16,18,21). The molecule has 120 valence electrons. The Morgan fingerprint density at radius 3 is 2.48 bits per heavy atom. The van der Waals surface area contributed by atoms with E-state index in [0.29, 0.717) is 38.4 Å². The van der Waals surface area contributed by atoms with Gasteiger partial charge >= 0.3 is 12.0 Å². The third-order valence-corrected chi connectivity index (χ3v) is 3.85. The monoisotopic (exact) mass is 299 g/mol. The maximum absolute atomic E-state index is 11.8. The molecular weight excluding hydrogens is 274 g/mol. The number of carbonyl (C=O) groups is 3. The quantitative estimate of drug-likeness (QED) is 0.669. The minimum Gasteiger partial charge on any atom is -0.481 e. The molecule has 0 aromatic rings. The summed E-state index contributed by atoms with van der Waals surface area (Å²) in [5.74, 6) is -0.915. The number of nitrogens with one attached hydrogen (secondary N) is 2. The summed E-state index contributed by atoms with van der Waals surface area (Å²) in [5, 5.41) is 14.2. The van der Waals surface area contributed by atoms with E-state index in [9.17, 15) is 19.5 Å². The lowest BCUT2D eigenvalue weighted by Crippen LogP contribution is -2.45. The number of carbonyl (C=O) groups excluding carboxylic acids is 2. The van der Waals surface area contributed by atoms with Gasteiger partial charge in [-0.25, -0.2) is 4.79 Å². The Bertz CT molecular complexity index is 411. The van der Waals surface area contributed by atoms with Gasteiger partial charge in [0.15, 0.2) is 0 Å². The van der Waals surface area contributed by atoms with E-state index >= 15 is 0 Å². The van der Waals surface area contributed by atoms with Crippen molar-refractivity contribution in [2.45, 2.75) is 33.6 Å². The molecule has 1 atom stereocenters. The van der Waals surface area contributed by atoms with E-state index in [2.05, 4.69) is 10.6 Å². The van der Waals surface area contributed by atoms with Crippen molar-refractivity contribution in [3.05, 3.63) is 0 Å². The van der Waals surface area contributed by atoms with E-state index < -0.39 is 23.3 Å². The molecule has 0 saturated carbocycles. The minimum absolute atomic E-state index is 0.0458. The Hall–Kier alpha value is -1.63. The summed E-state index contributed by atoms with van der Waals surface area (Å²) < 4.78 is 0. The Morgan fingerprint density at radius 2 is 2.00 bits per heavy atom. The van der Waals surface area contributed by atoms with Crippen LogP contribution in [0.3, 0.4) is 0 Å². The second-order valence-electron chi connectivity index (χ2n) is 6.05. The highest BCUT2D eigenvalue weighted by atomic mass is 16.4. The molecule has 0 spiro atoms. The molecule has 1 rings (SSSR count). The first kappa shape index (κ1) is 17.4. The molecule has 1 unspecified atom stereocenters. The molecule has 1 fully saturated rings. The largest absolute Gasteiger partial charge is 0.481 e. The van der Waals surface area contributed by atoms with E-state index in [4.69, 9.17) is 0 Å². The number of hydrogen-bond acceptors (Lipinski definition) is 4. The van der Waals surface area contributed by atoms with Crippen molar-refractivity contribution in [3.63, 3.8) is 0 Å². The van der Waals surface area contributed by atoms with Crippen molar-refractivity contribution in [2.24, 2.45) is 11.3 Å². The zero-order valence-corrected chi connectivity index (χ0v) is 12.9. The molecule has 0 aromatic heterocycles. The molecule has 7 heteroatoms. The third kappa shape index (κ3) is 5.00. The minimum atomic E-state index is -0.817. The molecule has 1 aliphatic rings. The van der Waals surface area contributed by atoms with E-state index in [1.807, 2.05) is 20.8 Å². The molecule has 1 saturated heterocycles. The summed E-state index contributed by atoms with van der Waals surface area (Å²) in [6.07, 6.45) is 1.07. The summed E-state index contributed by atoms with van der Waals surface area (Å²) >= 11 is 0. The number of hydrogen-bond donors (Lipinski definition) is 3. The van der Waals surface area contributed by atoms with Crippen LogP contribution in [-0.4, -0.2) is 54.1 Å². The summed E-state index contributed by atoms with van der Waals surface area (Å²) in [6.45, 7) is 7.22. The first-order valence-electron chi connectivity index (χ1n) is 7.32. The SMILES string of the molecule is CCC1(C(=O)O)CCN(CC(=O)NC(=O)NCC(C)C)C1. The van der Waals surface area contributed by atoms with Crippen LogP contribution in [0.2, 0.25) is 0 Å². The van der Waals surface area contributed by atoms with Gasteiger partial charge in [-0.1, -0.05) is 20.8 Å². The van der Waals surface area contributed by atoms with Crippen molar-refractivity contribution >= 4 is 17.9 Å². The third-order valence-electron chi connectivity index (χ3n) is 3.85. The summed E-state index contributed by atoms with van der Waals surface area (Å²) in [6, 6.07) is -0.507. The van der Waals surface area contributed by atoms with E-state index in [-0.39, 0.29) is 6.54 Å². The highest BCUT2D eigenvalue weighted by Crippen LogP contribution is 2.33. The predicted octanol–water partition coefficient (Wildman–Crippen LogP) is 0.655. The Morgan fingerprint density at radius 1 is 1.33 bits per heavy atom. The van der Waals surface area contributed by atoms with Crippen LogP contribution in [0.25, 0.3) is 0 Å². The topological polar surface area (TPSA) is 98.7 Å². The van der Waals surface area contributed by atoms with Gasteiger partial charge in [-0.05, 0) is 25.3 Å². The highest BCUT2D eigenvalue weighted by Gasteiger charge is 2.43. The number of aliphatic carboxylic acids is 1.